The van der Waals surface area contributed by atoms with Crippen LogP contribution in [0.4, 0.5) is 5.69 Å². The lowest BCUT2D eigenvalue weighted by molar-refractivity contribution is -0.123. The van der Waals surface area contributed by atoms with E-state index in [0.717, 1.165) is 25.7 Å². The zero-order valence-corrected chi connectivity index (χ0v) is 20.1. The molecule has 1 aliphatic carbocycles. The van der Waals surface area contributed by atoms with Crippen molar-refractivity contribution >= 4 is 17.5 Å². The SMILES string of the molecule is COc1ccc(N(C(=O)c2ccccn2)[C@H](C(=O)NC2CCCCC2)c2cccc(OC)c2)cc1. The number of benzene rings is 2. The molecule has 0 unspecified atom stereocenters. The number of hydrogen-bond acceptors (Lipinski definition) is 5. The second kappa shape index (κ2) is 11.5. The molecule has 1 N–H and O–H groups in total. The summed E-state index contributed by atoms with van der Waals surface area (Å²) in [5.74, 6) is 0.661. The Labute approximate surface area is 206 Å². The van der Waals surface area contributed by atoms with E-state index >= 15 is 0 Å². The molecule has 1 heterocycles. The minimum Gasteiger partial charge on any atom is -0.497 e. The van der Waals surface area contributed by atoms with Gasteiger partial charge >= 0.3 is 0 Å². The third-order valence-electron chi connectivity index (χ3n) is 6.32. The van der Waals surface area contributed by atoms with Crippen LogP contribution in [0.2, 0.25) is 0 Å². The first-order chi connectivity index (χ1) is 17.1. The van der Waals surface area contributed by atoms with E-state index in [1.54, 1.807) is 68.9 Å². The fourth-order valence-electron chi connectivity index (χ4n) is 4.50. The van der Waals surface area contributed by atoms with E-state index in [9.17, 15) is 9.59 Å². The monoisotopic (exact) mass is 473 g/mol. The van der Waals surface area contributed by atoms with E-state index in [2.05, 4.69) is 10.3 Å². The number of carbonyl (C=O) groups is 2. The van der Waals surface area contributed by atoms with Crippen molar-refractivity contribution in [3.8, 4) is 11.5 Å². The Morgan fingerprint density at radius 1 is 0.914 bits per heavy atom. The van der Waals surface area contributed by atoms with Gasteiger partial charge in [0.25, 0.3) is 5.91 Å². The number of nitrogens with one attached hydrogen (secondary N) is 1. The van der Waals surface area contributed by atoms with Crippen LogP contribution in [0.15, 0.2) is 72.9 Å². The minimum atomic E-state index is -0.921. The lowest BCUT2D eigenvalue weighted by Gasteiger charge is -2.33. The number of rotatable bonds is 8. The van der Waals surface area contributed by atoms with Crippen LogP contribution in [0.5, 0.6) is 11.5 Å². The van der Waals surface area contributed by atoms with Crippen molar-refractivity contribution in [1.29, 1.82) is 0 Å². The van der Waals surface area contributed by atoms with Crippen LogP contribution in [0.1, 0.15) is 54.2 Å². The summed E-state index contributed by atoms with van der Waals surface area (Å²) >= 11 is 0. The fraction of sp³-hybridized carbons (Fsp3) is 0.321. The Morgan fingerprint density at radius 3 is 2.31 bits per heavy atom. The summed E-state index contributed by atoms with van der Waals surface area (Å²) in [6.45, 7) is 0. The molecular formula is C28H31N3O4. The highest BCUT2D eigenvalue weighted by molar-refractivity contribution is 6.09. The highest BCUT2D eigenvalue weighted by Gasteiger charge is 2.35. The normalized spacial score (nSPS) is 14.6. The third kappa shape index (κ3) is 5.80. The molecular weight excluding hydrogens is 442 g/mol. The maximum atomic E-state index is 13.9. The molecule has 35 heavy (non-hydrogen) atoms. The molecule has 0 bridgehead atoms. The van der Waals surface area contributed by atoms with Gasteiger partial charge in [0.2, 0.25) is 5.91 Å². The lowest BCUT2D eigenvalue weighted by atomic mass is 9.94. The number of aromatic nitrogens is 1. The summed E-state index contributed by atoms with van der Waals surface area (Å²) in [4.78, 5) is 33.6. The largest absolute Gasteiger partial charge is 0.497 e. The summed E-state index contributed by atoms with van der Waals surface area (Å²) in [5.41, 5.74) is 1.47. The number of anilines is 1. The smallest absolute Gasteiger partial charge is 0.277 e. The number of amides is 2. The topological polar surface area (TPSA) is 80.8 Å². The van der Waals surface area contributed by atoms with Crippen LogP contribution < -0.4 is 19.7 Å². The van der Waals surface area contributed by atoms with Crippen molar-refractivity contribution in [2.75, 3.05) is 19.1 Å². The van der Waals surface area contributed by atoms with Gasteiger partial charge < -0.3 is 14.8 Å². The maximum Gasteiger partial charge on any atom is 0.277 e. The van der Waals surface area contributed by atoms with Gasteiger partial charge in [0, 0.05) is 17.9 Å². The van der Waals surface area contributed by atoms with Crippen LogP contribution >= 0.6 is 0 Å². The van der Waals surface area contributed by atoms with Crippen molar-refractivity contribution in [2.24, 2.45) is 0 Å². The van der Waals surface area contributed by atoms with Crippen molar-refractivity contribution < 1.29 is 19.1 Å². The fourth-order valence-corrected chi connectivity index (χ4v) is 4.50. The van der Waals surface area contributed by atoms with E-state index in [1.165, 1.54) is 11.3 Å². The van der Waals surface area contributed by atoms with Crippen LogP contribution in [-0.4, -0.2) is 37.1 Å². The minimum absolute atomic E-state index is 0.0898. The van der Waals surface area contributed by atoms with Gasteiger partial charge in [-0.25, -0.2) is 0 Å². The Kier molecular flexibility index (Phi) is 7.98. The Balaban J connectivity index is 1.81. The molecule has 0 aliphatic heterocycles. The maximum absolute atomic E-state index is 13.9. The summed E-state index contributed by atoms with van der Waals surface area (Å²) in [6.07, 6.45) is 6.80. The second-order valence-electron chi connectivity index (χ2n) is 8.61. The second-order valence-corrected chi connectivity index (χ2v) is 8.61. The molecule has 7 heteroatoms. The zero-order valence-electron chi connectivity index (χ0n) is 20.1. The van der Waals surface area contributed by atoms with Gasteiger partial charge in [-0.2, -0.15) is 0 Å². The first kappa shape index (κ1) is 24.3. The van der Waals surface area contributed by atoms with Crippen LogP contribution in [0.3, 0.4) is 0 Å². The Hall–Kier alpha value is -3.87. The number of hydrogen-bond donors (Lipinski definition) is 1. The van der Waals surface area contributed by atoms with E-state index < -0.39 is 6.04 Å². The summed E-state index contributed by atoms with van der Waals surface area (Å²) in [6, 6.07) is 18.7. The molecule has 4 rings (SSSR count). The van der Waals surface area contributed by atoms with Gasteiger partial charge in [-0.05, 0) is 66.9 Å². The average Bonchev–Trinajstić information content (AvgIpc) is 2.92. The van der Waals surface area contributed by atoms with Crippen molar-refractivity contribution in [1.82, 2.24) is 10.3 Å². The number of carbonyl (C=O) groups excluding carboxylic acids is 2. The van der Waals surface area contributed by atoms with E-state index in [1.807, 2.05) is 18.2 Å². The molecule has 182 valence electrons. The number of methoxy groups -OCH3 is 2. The Morgan fingerprint density at radius 2 is 1.66 bits per heavy atom. The van der Waals surface area contributed by atoms with Gasteiger partial charge in [0.15, 0.2) is 0 Å². The van der Waals surface area contributed by atoms with Gasteiger partial charge in [-0.1, -0.05) is 37.5 Å². The summed E-state index contributed by atoms with van der Waals surface area (Å²) < 4.78 is 10.7. The predicted molar refractivity (Wildman–Crippen MR) is 135 cm³/mol. The first-order valence-corrected chi connectivity index (χ1v) is 11.9. The molecule has 2 aromatic carbocycles. The number of ether oxygens (including phenoxy) is 2. The first-order valence-electron chi connectivity index (χ1n) is 11.9. The van der Waals surface area contributed by atoms with Gasteiger partial charge in [-0.15, -0.1) is 0 Å². The van der Waals surface area contributed by atoms with Crippen LogP contribution in [-0.2, 0) is 4.79 Å². The molecule has 1 saturated carbocycles. The Bertz CT molecular complexity index is 1130. The molecule has 0 saturated heterocycles. The molecule has 2 amide bonds. The van der Waals surface area contributed by atoms with Gasteiger partial charge in [-0.3, -0.25) is 19.5 Å². The standard InChI is InChI=1S/C28H31N3O4/c1-34-23-16-14-22(15-17-23)31(28(33)25-13-6-7-18-29-25)26(20-9-8-12-24(19-20)35-2)27(32)30-21-10-4-3-5-11-21/h6-9,12-19,21,26H,3-5,10-11H2,1-2H3,(H,30,32)/t26-/m0/s1. The molecule has 0 radical (unpaired) electrons. The summed E-state index contributed by atoms with van der Waals surface area (Å²) in [7, 11) is 3.17. The van der Waals surface area contributed by atoms with E-state index in [4.69, 9.17) is 9.47 Å². The third-order valence-corrected chi connectivity index (χ3v) is 6.32. The molecule has 7 nitrogen and oxygen atoms in total. The predicted octanol–water partition coefficient (Wildman–Crippen LogP) is 4.94. The van der Waals surface area contributed by atoms with Gasteiger partial charge in [0.05, 0.1) is 14.2 Å². The van der Waals surface area contributed by atoms with Crippen molar-refractivity contribution in [3.63, 3.8) is 0 Å². The summed E-state index contributed by atoms with van der Waals surface area (Å²) in [5, 5.41) is 3.22. The molecule has 1 aromatic heterocycles. The van der Waals surface area contributed by atoms with Crippen molar-refractivity contribution in [3.05, 3.63) is 84.2 Å². The van der Waals surface area contributed by atoms with E-state index in [0.29, 0.717) is 22.7 Å². The zero-order chi connectivity index (χ0) is 24.6. The van der Waals surface area contributed by atoms with Gasteiger partial charge in [0.1, 0.15) is 23.2 Å². The molecule has 1 fully saturated rings. The molecule has 0 spiro atoms. The molecule has 1 aliphatic rings. The van der Waals surface area contributed by atoms with E-state index in [-0.39, 0.29) is 23.6 Å². The average molecular weight is 474 g/mol. The van der Waals surface area contributed by atoms with Crippen molar-refractivity contribution in [2.45, 2.75) is 44.2 Å². The van der Waals surface area contributed by atoms with Crippen LogP contribution in [0, 0.1) is 0 Å². The quantitative estimate of drug-likeness (QED) is 0.501. The lowest BCUT2D eigenvalue weighted by Crippen LogP contribution is -2.47. The molecule has 1 atom stereocenters. The van der Waals surface area contributed by atoms with Crippen LogP contribution in [0.25, 0.3) is 0 Å². The number of nitrogens with zero attached hydrogens (tertiary/aromatic N) is 2. The highest BCUT2D eigenvalue weighted by Crippen LogP contribution is 2.33. The molecule has 3 aromatic rings. The highest BCUT2D eigenvalue weighted by atomic mass is 16.5. The number of pyridine rings is 1.